The molecule has 0 aliphatic heterocycles. The number of carbonyl (C=O) groups excluding carboxylic acids is 2. The van der Waals surface area contributed by atoms with Gasteiger partial charge < -0.3 is 9.15 Å². The summed E-state index contributed by atoms with van der Waals surface area (Å²) in [7, 11) is 0. The standard InChI is InChI=1S/C22H15F5O5/c1-12(28)11-15(13-7-3-2-4-8-13)17-18(32-20(30)21(23,24)22(25,26)27)14-9-5-6-10-16(14)31-19(17)29/h2-10,15H,11H2,1H3/t15-/m0/s1. The van der Waals surface area contributed by atoms with E-state index in [2.05, 4.69) is 4.74 Å². The minimum Gasteiger partial charge on any atom is -0.422 e. The Balaban J connectivity index is 2.28. The summed E-state index contributed by atoms with van der Waals surface area (Å²) in [6, 6.07) is 13.1. The highest BCUT2D eigenvalue weighted by Gasteiger charge is 2.65. The maximum atomic E-state index is 13.6. The van der Waals surface area contributed by atoms with Gasteiger partial charge in [-0.2, -0.15) is 22.0 Å². The molecule has 0 N–H and O–H groups in total. The normalized spacial score (nSPS) is 13.1. The van der Waals surface area contributed by atoms with Crippen molar-refractivity contribution in [3.8, 4) is 5.75 Å². The number of ketones is 1. The molecule has 0 radical (unpaired) electrons. The number of benzene rings is 2. The van der Waals surface area contributed by atoms with Crippen molar-refractivity contribution in [3.05, 3.63) is 76.1 Å². The minimum absolute atomic E-state index is 0.182. The van der Waals surface area contributed by atoms with Crippen LogP contribution in [0.3, 0.4) is 0 Å². The molecule has 0 aliphatic carbocycles. The van der Waals surface area contributed by atoms with E-state index >= 15 is 0 Å². The number of esters is 1. The number of hydrogen-bond donors (Lipinski definition) is 0. The van der Waals surface area contributed by atoms with E-state index < -0.39 is 46.7 Å². The van der Waals surface area contributed by atoms with Crippen molar-refractivity contribution in [2.24, 2.45) is 0 Å². The highest BCUT2D eigenvalue weighted by molar-refractivity contribution is 5.90. The van der Waals surface area contributed by atoms with E-state index in [-0.39, 0.29) is 17.4 Å². The predicted molar refractivity (Wildman–Crippen MR) is 103 cm³/mol. The van der Waals surface area contributed by atoms with E-state index in [1.807, 2.05) is 0 Å². The van der Waals surface area contributed by atoms with E-state index in [4.69, 9.17) is 4.42 Å². The number of para-hydroxylation sites is 1. The van der Waals surface area contributed by atoms with Crippen LogP contribution in [0.2, 0.25) is 0 Å². The summed E-state index contributed by atoms with van der Waals surface area (Å²) in [5.74, 6) is -11.1. The quantitative estimate of drug-likeness (QED) is 0.298. The van der Waals surface area contributed by atoms with Crippen LogP contribution in [0.5, 0.6) is 5.75 Å². The first kappa shape index (κ1) is 23.1. The molecular formula is C22H15F5O5. The molecule has 0 amide bonds. The van der Waals surface area contributed by atoms with Gasteiger partial charge in [0.1, 0.15) is 11.4 Å². The third-order valence-electron chi connectivity index (χ3n) is 4.65. The lowest BCUT2D eigenvalue weighted by atomic mass is 9.87. The molecule has 0 saturated heterocycles. The first-order chi connectivity index (χ1) is 14.9. The second-order valence-corrected chi connectivity index (χ2v) is 6.96. The van der Waals surface area contributed by atoms with Gasteiger partial charge >= 0.3 is 23.7 Å². The van der Waals surface area contributed by atoms with Gasteiger partial charge in [-0.3, -0.25) is 4.79 Å². The molecule has 2 aromatic carbocycles. The Morgan fingerprint density at radius 2 is 1.56 bits per heavy atom. The molecule has 1 heterocycles. The highest BCUT2D eigenvalue weighted by Crippen LogP contribution is 2.41. The van der Waals surface area contributed by atoms with Gasteiger partial charge in [0.15, 0.2) is 5.75 Å². The summed E-state index contributed by atoms with van der Waals surface area (Å²) in [6.45, 7) is 1.21. The fourth-order valence-electron chi connectivity index (χ4n) is 3.18. The predicted octanol–water partition coefficient (Wildman–Crippen LogP) is 5.01. The second-order valence-electron chi connectivity index (χ2n) is 6.96. The molecule has 3 rings (SSSR count). The molecule has 32 heavy (non-hydrogen) atoms. The average molecular weight is 454 g/mol. The third-order valence-corrected chi connectivity index (χ3v) is 4.65. The van der Waals surface area contributed by atoms with E-state index in [1.165, 1.54) is 43.3 Å². The number of ether oxygens (including phenoxy) is 1. The second kappa shape index (κ2) is 8.52. The monoisotopic (exact) mass is 454 g/mol. The van der Waals surface area contributed by atoms with Crippen molar-refractivity contribution in [1.82, 2.24) is 0 Å². The molecule has 1 aromatic heterocycles. The Bertz CT molecular complexity index is 1210. The Labute approximate surface area is 177 Å². The van der Waals surface area contributed by atoms with Gasteiger partial charge in [0.2, 0.25) is 0 Å². The summed E-state index contributed by atoms with van der Waals surface area (Å²) in [5, 5.41) is -0.182. The van der Waals surface area contributed by atoms with Crippen LogP contribution in [0.4, 0.5) is 22.0 Å². The molecule has 168 valence electrons. The topological polar surface area (TPSA) is 73.6 Å². The Kier molecular flexibility index (Phi) is 6.16. The molecule has 0 bridgehead atoms. The Hall–Kier alpha value is -3.56. The van der Waals surface area contributed by atoms with Crippen molar-refractivity contribution < 1.29 is 40.7 Å². The fraction of sp³-hybridized carbons (Fsp3) is 0.227. The first-order valence-corrected chi connectivity index (χ1v) is 9.20. The molecule has 0 aliphatic rings. The zero-order valence-electron chi connectivity index (χ0n) is 16.4. The van der Waals surface area contributed by atoms with Crippen molar-refractivity contribution in [1.29, 1.82) is 0 Å². The van der Waals surface area contributed by atoms with Crippen molar-refractivity contribution in [3.63, 3.8) is 0 Å². The van der Waals surface area contributed by atoms with Crippen LogP contribution >= 0.6 is 0 Å². The SMILES string of the molecule is CC(=O)C[C@@H](c1ccccc1)c1c(OC(=O)C(F)(F)C(F)(F)F)c2ccccc2oc1=O. The molecule has 10 heteroatoms. The Morgan fingerprint density at radius 3 is 2.16 bits per heavy atom. The molecule has 0 fully saturated rings. The molecule has 0 saturated carbocycles. The Morgan fingerprint density at radius 1 is 0.969 bits per heavy atom. The van der Waals surface area contributed by atoms with Gasteiger partial charge in [-0.25, -0.2) is 9.59 Å². The zero-order valence-corrected chi connectivity index (χ0v) is 16.4. The molecular weight excluding hydrogens is 439 g/mol. The minimum atomic E-state index is -6.21. The van der Waals surface area contributed by atoms with Crippen LogP contribution in [0, 0.1) is 0 Å². The van der Waals surface area contributed by atoms with E-state index in [1.54, 1.807) is 18.2 Å². The lowest BCUT2D eigenvalue weighted by molar-refractivity contribution is -0.276. The number of Topliss-reactive ketones (excluding diaryl/α,β-unsaturated/α-hetero) is 1. The maximum Gasteiger partial charge on any atom is 0.465 e. The third kappa shape index (κ3) is 4.39. The van der Waals surface area contributed by atoms with Crippen molar-refractivity contribution >= 4 is 22.7 Å². The largest absolute Gasteiger partial charge is 0.465 e. The summed E-state index contributed by atoms with van der Waals surface area (Å²) >= 11 is 0. The fourth-order valence-corrected chi connectivity index (χ4v) is 3.18. The number of fused-ring (bicyclic) bond motifs is 1. The van der Waals surface area contributed by atoms with Crippen LogP contribution in [-0.2, 0) is 9.59 Å². The molecule has 0 spiro atoms. The van der Waals surface area contributed by atoms with E-state index in [9.17, 15) is 36.3 Å². The number of rotatable bonds is 6. The van der Waals surface area contributed by atoms with Crippen molar-refractivity contribution in [2.75, 3.05) is 0 Å². The van der Waals surface area contributed by atoms with Crippen LogP contribution in [0.1, 0.15) is 30.4 Å². The van der Waals surface area contributed by atoms with Crippen LogP contribution in [-0.4, -0.2) is 23.9 Å². The molecule has 1 atom stereocenters. The maximum absolute atomic E-state index is 13.6. The smallest absolute Gasteiger partial charge is 0.422 e. The highest BCUT2D eigenvalue weighted by atomic mass is 19.4. The number of halogens is 5. The van der Waals surface area contributed by atoms with Crippen LogP contribution in [0.25, 0.3) is 11.0 Å². The lowest BCUT2D eigenvalue weighted by Gasteiger charge is -2.22. The van der Waals surface area contributed by atoms with Gasteiger partial charge in [-0.1, -0.05) is 42.5 Å². The summed E-state index contributed by atoms with van der Waals surface area (Å²) in [5.41, 5.74) is -1.49. The van der Waals surface area contributed by atoms with Gasteiger partial charge in [0, 0.05) is 12.3 Å². The number of carbonyl (C=O) groups is 2. The van der Waals surface area contributed by atoms with Gasteiger partial charge in [0.05, 0.1) is 10.9 Å². The lowest BCUT2D eigenvalue weighted by Crippen LogP contribution is -2.46. The molecule has 3 aromatic rings. The van der Waals surface area contributed by atoms with Crippen LogP contribution < -0.4 is 10.4 Å². The number of hydrogen-bond acceptors (Lipinski definition) is 5. The summed E-state index contributed by atoms with van der Waals surface area (Å²) < 4.78 is 75.1. The van der Waals surface area contributed by atoms with E-state index in [0.717, 1.165) is 0 Å². The summed E-state index contributed by atoms with van der Waals surface area (Å²) in [4.78, 5) is 36.6. The zero-order chi connectivity index (χ0) is 23.7. The van der Waals surface area contributed by atoms with Crippen LogP contribution in [0.15, 0.2) is 63.8 Å². The van der Waals surface area contributed by atoms with Gasteiger partial charge in [-0.15, -0.1) is 0 Å². The molecule has 0 unspecified atom stereocenters. The van der Waals surface area contributed by atoms with Gasteiger partial charge in [0.25, 0.3) is 0 Å². The number of alkyl halides is 5. The van der Waals surface area contributed by atoms with Gasteiger partial charge in [-0.05, 0) is 24.6 Å². The molecule has 5 nitrogen and oxygen atoms in total. The van der Waals surface area contributed by atoms with E-state index in [0.29, 0.717) is 5.56 Å². The first-order valence-electron chi connectivity index (χ1n) is 9.20. The average Bonchev–Trinajstić information content (AvgIpc) is 2.72. The summed E-state index contributed by atoms with van der Waals surface area (Å²) in [6.07, 6.45) is -6.54. The van der Waals surface area contributed by atoms with Crippen molar-refractivity contribution in [2.45, 2.75) is 31.4 Å².